The first-order chi connectivity index (χ1) is 16.8. The van der Waals surface area contributed by atoms with Gasteiger partial charge >= 0.3 is 0 Å². The average Bonchev–Trinajstić information content (AvgIpc) is 3.48. The molecule has 0 saturated carbocycles. The second-order valence-electron chi connectivity index (χ2n) is 8.57. The van der Waals surface area contributed by atoms with E-state index in [4.69, 9.17) is 4.74 Å². The summed E-state index contributed by atoms with van der Waals surface area (Å²) in [6, 6.07) is 29.6. The van der Waals surface area contributed by atoms with Crippen LogP contribution in [-0.2, 0) is 11.3 Å². The van der Waals surface area contributed by atoms with Crippen LogP contribution >= 0.6 is 11.3 Å². The third kappa shape index (κ3) is 3.72. The van der Waals surface area contributed by atoms with Crippen LogP contribution in [0.4, 0.5) is 0 Å². The standard InChI is InChI=1S/C31H26NOS/c1-2-32-27-15-9-10-16-29(27)34-30(32)20-18-22-17-19-25-26(22)21-28(23-11-5-3-6-12-23)33-31(25)24-13-7-4-8-14-24/h3-16,18,20-21H,2,17,19H2,1H3/q+1. The van der Waals surface area contributed by atoms with Crippen LogP contribution in [0.1, 0.15) is 35.9 Å². The van der Waals surface area contributed by atoms with Crippen molar-refractivity contribution in [2.45, 2.75) is 26.3 Å². The summed E-state index contributed by atoms with van der Waals surface area (Å²) in [7, 11) is 0. The highest BCUT2D eigenvalue weighted by Crippen LogP contribution is 2.45. The Labute approximate surface area is 204 Å². The molecule has 6 rings (SSSR count). The van der Waals surface area contributed by atoms with Gasteiger partial charge in [-0.05, 0) is 43.1 Å². The van der Waals surface area contributed by atoms with E-state index in [1.54, 1.807) is 0 Å². The molecule has 0 saturated heterocycles. The minimum atomic E-state index is 0.913. The number of ether oxygens (including phenoxy) is 1. The number of benzene rings is 3. The summed E-state index contributed by atoms with van der Waals surface area (Å²) in [6.07, 6.45) is 8.89. The maximum absolute atomic E-state index is 6.54. The number of thiazole rings is 1. The molecular formula is C31H26NOS+. The van der Waals surface area contributed by atoms with E-state index in [2.05, 4.69) is 109 Å². The van der Waals surface area contributed by atoms with Gasteiger partial charge in [0.15, 0.2) is 0 Å². The molecule has 166 valence electrons. The molecule has 4 aromatic rings. The number of aromatic nitrogens is 1. The number of rotatable bonds is 5. The third-order valence-electron chi connectivity index (χ3n) is 6.55. The van der Waals surface area contributed by atoms with Crippen molar-refractivity contribution in [3.63, 3.8) is 0 Å². The smallest absolute Gasteiger partial charge is 0.262 e. The maximum atomic E-state index is 6.54. The van der Waals surface area contributed by atoms with Crippen molar-refractivity contribution in [3.05, 3.63) is 130 Å². The van der Waals surface area contributed by atoms with Gasteiger partial charge in [0.2, 0.25) is 5.52 Å². The van der Waals surface area contributed by atoms with E-state index in [1.807, 2.05) is 17.4 Å². The predicted molar refractivity (Wildman–Crippen MR) is 142 cm³/mol. The summed E-state index contributed by atoms with van der Waals surface area (Å²) in [4.78, 5) is 0. The number of nitrogens with zero attached hydrogens (tertiary/aromatic N) is 1. The van der Waals surface area contributed by atoms with E-state index < -0.39 is 0 Å². The molecule has 1 aliphatic carbocycles. The van der Waals surface area contributed by atoms with E-state index in [9.17, 15) is 0 Å². The van der Waals surface area contributed by atoms with Gasteiger partial charge in [-0.25, -0.2) is 0 Å². The van der Waals surface area contributed by atoms with Crippen LogP contribution in [0.15, 0.2) is 114 Å². The summed E-state index contributed by atoms with van der Waals surface area (Å²) in [5.41, 5.74) is 7.54. The molecule has 0 amide bonds. The van der Waals surface area contributed by atoms with Crippen molar-refractivity contribution in [2.24, 2.45) is 0 Å². The third-order valence-corrected chi connectivity index (χ3v) is 7.68. The summed E-state index contributed by atoms with van der Waals surface area (Å²) >= 11 is 1.86. The van der Waals surface area contributed by atoms with Crippen LogP contribution in [0.3, 0.4) is 0 Å². The van der Waals surface area contributed by atoms with Gasteiger partial charge in [0.1, 0.15) is 22.8 Å². The largest absolute Gasteiger partial charge is 0.456 e. The zero-order valence-corrected chi connectivity index (χ0v) is 20.0. The molecule has 0 fully saturated rings. The Balaban J connectivity index is 1.46. The zero-order chi connectivity index (χ0) is 22.9. The summed E-state index contributed by atoms with van der Waals surface area (Å²) in [5.74, 6) is 1.90. The molecule has 0 atom stereocenters. The van der Waals surface area contributed by atoms with Gasteiger partial charge in [0.25, 0.3) is 5.01 Å². The lowest BCUT2D eigenvalue weighted by molar-refractivity contribution is -0.665. The Bertz CT molecular complexity index is 1490. The molecule has 2 heterocycles. The predicted octanol–water partition coefficient (Wildman–Crippen LogP) is 7.79. The first kappa shape index (κ1) is 20.9. The fourth-order valence-corrected chi connectivity index (χ4v) is 6.01. The topological polar surface area (TPSA) is 13.1 Å². The first-order valence-electron chi connectivity index (χ1n) is 11.9. The van der Waals surface area contributed by atoms with E-state index in [0.29, 0.717) is 0 Å². The van der Waals surface area contributed by atoms with Crippen LogP contribution in [0.25, 0.3) is 27.8 Å². The fourth-order valence-electron chi connectivity index (χ4n) is 4.89. The quantitative estimate of drug-likeness (QED) is 0.277. The highest BCUT2D eigenvalue weighted by molar-refractivity contribution is 7.18. The van der Waals surface area contributed by atoms with E-state index in [-0.39, 0.29) is 0 Å². The normalized spacial score (nSPS) is 15.7. The van der Waals surface area contributed by atoms with E-state index >= 15 is 0 Å². The van der Waals surface area contributed by atoms with Gasteiger partial charge in [-0.2, -0.15) is 4.57 Å². The molecule has 3 aromatic carbocycles. The van der Waals surface area contributed by atoms with E-state index in [0.717, 1.165) is 42.0 Å². The number of aryl methyl sites for hydroxylation is 1. The van der Waals surface area contributed by atoms with Gasteiger partial charge in [0, 0.05) is 28.8 Å². The van der Waals surface area contributed by atoms with Crippen LogP contribution in [0.2, 0.25) is 0 Å². The zero-order valence-electron chi connectivity index (χ0n) is 19.2. The van der Waals surface area contributed by atoms with Crippen LogP contribution in [0, 0.1) is 0 Å². The second-order valence-corrected chi connectivity index (χ2v) is 9.64. The molecule has 2 aliphatic rings. The Kier molecular flexibility index (Phi) is 5.48. The highest BCUT2D eigenvalue weighted by Gasteiger charge is 2.28. The lowest BCUT2D eigenvalue weighted by Crippen LogP contribution is -2.33. The van der Waals surface area contributed by atoms with Crippen molar-refractivity contribution in [1.82, 2.24) is 0 Å². The SMILES string of the molecule is CC[n+]1c(C=CC2=C3C=C(c4ccccc4)OC(c4ccccc4)=C3CC2)sc2ccccc21. The molecule has 0 bridgehead atoms. The van der Waals surface area contributed by atoms with Crippen molar-refractivity contribution in [3.8, 4) is 0 Å². The summed E-state index contributed by atoms with van der Waals surface area (Å²) in [5, 5.41) is 1.29. The Morgan fingerprint density at radius 1 is 0.824 bits per heavy atom. The van der Waals surface area contributed by atoms with E-state index in [1.165, 1.54) is 31.9 Å². The van der Waals surface area contributed by atoms with Crippen molar-refractivity contribution < 1.29 is 9.30 Å². The van der Waals surface area contributed by atoms with Gasteiger partial charge in [-0.15, -0.1) is 0 Å². The van der Waals surface area contributed by atoms with Crippen molar-refractivity contribution >= 4 is 39.1 Å². The molecular weight excluding hydrogens is 434 g/mol. The lowest BCUT2D eigenvalue weighted by atomic mass is 9.97. The fraction of sp³-hybridized carbons (Fsp3) is 0.129. The number of hydrogen-bond donors (Lipinski definition) is 0. The van der Waals surface area contributed by atoms with Crippen LogP contribution < -0.4 is 4.57 Å². The minimum Gasteiger partial charge on any atom is -0.456 e. The molecule has 2 nitrogen and oxygen atoms in total. The number of hydrogen-bond acceptors (Lipinski definition) is 2. The number of allylic oxidation sites excluding steroid dienone is 5. The Morgan fingerprint density at radius 3 is 2.29 bits per heavy atom. The number of fused-ring (bicyclic) bond motifs is 2. The van der Waals surface area contributed by atoms with Gasteiger partial charge in [-0.1, -0.05) is 90.2 Å². The molecule has 3 heteroatoms. The molecule has 0 N–H and O–H groups in total. The average molecular weight is 461 g/mol. The van der Waals surface area contributed by atoms with Crippen LogP contribution in [0.5, 0.6) is 0 Å². The second kappa shape index (κ2) is 8.92. The monoisotopic (exact) mass is 460 g/mol. The minimum absolute atomic E-state index is 0.913. The summed E-state index contributed by atoms with van der Waals surface area (Å²) in [6.45, 7) is 3.18. The molecule has 0 unspecified atom stereocenters. The summed E-state index contributed by atoms with van der Waals surface area (Å²) < 4.78 is 10.3. The first-order valence-corrected chi connectivity index (χ1v) is 12.7. The maximum Gasteiger partial charge on any atom is 0.262 e. The Morgan fingerprint density at radius 2 is 1.53 bits per heavy atom. The molecule has 1 aliphatic heterocycles. The van der Waals surface area contributed by atoms with Gasteiger partial charge in [0.05, 0.1) is 0 Å². The number of para-hydroxylation sites is 1. The van der Waals surface area contributed by atoms with Crippen molar-refractivity contribution in [1.29, 1.82) is 0 Å². The van der Waals surface area contributed by atoms with Crippen molar-refractivity contribution in [2.75, 3.05) is 0 Å². The van der Waals surface area contributed by atoms with Crippen LogP contribution in [-0.4, -0.2) is 0 Å². The molecule has 34 heavy (non-hydrogen) atoms. The highest BCUT2D eigenvalue weighted by atomic mass is 32.1. The molecule has 0 radical (unpaired) electrons. The van der Waals surface area contributed by atoms with Gasteiger partial charge < -0.3 is 4.74 Å². The van der Waals surface area contributed by atoms with Gasteiger partial charge in [-0.3, -0.25) is 0 Å². The molecule has 1 aromatic heterocycles. The molecule has 0 spiro atoms. The Hall–Kier alpha value is -3.69. The lowest BCUT2D eigenvalue weighted by Gasteiger charge is -2.22.